The molecule has 0 fully saturated rings. The largest absolute Gasteiger partial charge is 0.454 e. The highest BCUT2D eigenvalue weighted by molar-refractivity contribution is 6.04. The Kier molecular flexibility index (Phi) is 4.73. The number of anilines is 1. The van der Waals surface area contributed by atoms with Crippen LogP contribution in [-0.2, 0) is 0 Å². The molecule has 10 nitrogen and oxygen atoms in total. The molecule has 1 N–H and O–H groups in total. The third-order valence-corrected chi connectivity index (χ3v) is 5.99. The van der Waals surface area contributed by atoms with Crippen LogP contribution in [0.5, 0.6) is 11.5 Å². The van der Waals surface area contributed by atoms with Crippen molar-refractivity contribution in [1.29, 1.82) is 0 Å². The fourth-order valence-corrected chi connectivity index (χ4v) is 4.02. The molecule has 1 aliphatic heterocycles. The SMILES string of the molecule is Cc1cc(NC(=O)c2ccc3c(c2)OCO3)n(-c2ncnc3c2cnn3-c2ccc(C)c(C)c2)n1. The first-order valence-corrected chi connectivity index (χ1v) is 11.0. The third-order valence-electron chi connectivity index (χ3n) is 5.99. The van der Waals surface area contributed by atoms with Gasteiger partial charge in [0.15, 0.2) is 23.0 Å². The number of carbonyl (C=O) groups excluding carboxylic acids is 1. The minimum Gasteiger partial charge on any atom is -0.454 e. The number of hydrogen-bond donors (Lipinski definition) is 1. The molecule has 0 bridgehead atoms. The van der Waals surface area contributed by atoms with Crippen LogP contribution in [0.4, 0.5) is 5.82 Å². The molecule has 0 atom stereocenters. The average molecular weight is 467 g/mol. The Hall–Kier alpha value is -4.73. The third kappa shape index (κ3) is 3.55. The van der Waals surface area contributed by atoms with Crippen LogP contribution in [0.15, 0.2) is 55.0 Å². The van der Waals surface area contributed by atoms with Crippen LogP contribution in [0.2, 0.25) is 0 Å². The molecule has 0 aliphatic carbocycles. The molecule has 0 radical (unpaired) electrons. The number of benzene rings is 2. The van der Waals surface area contributed by atoms with E-state index in [0.29, 0.717) is 39.7 Å². The maximum Gasteiger partial charge on any atom is 0.256 e. The van der Waals surface area contributed by atoms with E-state index in [1.165, 1.54) is 11.9 Å². The number of amides is 1. The highest BCUT2D eigenvalue weighted by Crippen LogP contribution is 2.33. The van der Waals surface area contributed by atoms with E-state index >= 15 is 0 Å². The molecule has 6 rings (SSSR count). The van der Waals surface area contributed by atoms with Crippen LogP contribution in [0.25, 0.3) is 22.5 Å². The summed E-state index contributed by atoms with van der Waals surface area (Å²) in [5, 5.41) is 12.8. The van der Waals surface area contributed by atoms with Gasteiger partial charge in [-0.05, 0) is 62.2 Å². The van der Waals surface area contributed by atoms with Gasteiger partial charge in [0.25, 0.3) is 5.91 Å². The normalized spacial score (nSPS) is 12.3. The Labute approximate surface area is 200 Å². The second-order valence-corrected chi connectivity index (χ2v) is 8.36. The first-order valence-electron chi connectivity index (χ1n) is 11.0. The number of hydrogen-bond acceptors (Lipinski definition) is 7. The molecule has 5 aromatic rings. The van der Waals surface area contributed by atoms with Gasteiger partial charge in [0.05, 0.1) is 23.0 Å². The summed E-state index contributed by atoms with van der Waals surface area (Å²) >= 11 is 0. The summed E-state index contributed by atoms with van der Waals surface area (Å²) in [6.07, 6.45) is 3.18. The van der Waals surface area contributed by atoms with Crippen molar-refractivity contribution < 1.29 is 14.3 Å². The smallest absolute Gasteiger partial charge is 0.256 e. The van der Waals surface area contributed by atoms with Gasteiger partial charge in [-0.15, -0.1) is 0 Å². The summed E-state index contributed by atoms with van der Waals surface area (Å²) in [4.78, 5) is 22.0. The quantitative estimate of drug-likeness (QED) is 0.427. The second kappa shape index (κ2) is 7.94. The molecule has 174 valence electrons. The lowest BCUT2D eigenvalue weighted by molar-refractivity contribution is 0.102. The van der Waals surface area contributed by atoms with E-state index in [-0.39, 0.29) is 12.7 Å². The van der Waals surface area contributed by atoms with Gasteiger partial charge in [0.1, 0.15) is 12.1 Å². The van der Waals surface area contributed by atoms with Gasteiger partial charge in [-0.1, -0.05) is 6.07 Å². The molecule has 35 heavy (non-hydrogen) atoms. The Balaban J connectivity index is 1.38. The van der Waals surface area contributed by atoms with Gasteiger partial charge in [-0.3, -0.25) is 4.79 Å². The number of aryl methyl sites for hydroxylation is 3. The number of nitrogens with zero attached hydrogens (tertiary/aromatic N) is 6. The lowest BCUT2D eigenvalue weighted by atomic mass is 10.1. The minimum atomic E-state index is -0.305. The predicted octanol–water partition coefficient (Wildman–Crippen LogP) is 3.91. The summed E-state index contributed by atoms with van der Waals surface area (Å²) < 4.78 is 14.1. The van der Waals surface area contributed by atoms with Crippen molar-refractivity contribution in [2.24, 2.45) is 0 Å². The summed E-state index contributed by atoms with van der Waals surface area (Å²) in [6, 6.07) is 13.0. The van der Waals surface area contributed by atoms with Crippen LogP contribution >= 0.6 is 0 Å². The maximum atomic E-state index is 13.0. The van der Waals surface area contributed by atoms with Crippen molar-refractivity contribution in [2.75, 3.05) is 12.1 Å². The monoisotopic (exact) mass is 467 g/mol. The highest BCUT2D eigenvalue weighted by Gasteiger charge is 2.20. The lowest BCUT2D eigenvalue weighted by Gasteiger charge is -2.10. The summed E-state index contributed by atoms with van der Waals surface area (Å²) in [5.41, 5.74) is 5.07. The standard InChI is InChI=1S/C25H21N7O3/c1-14-4-6-18(8-15(14)2)31-23-19(11-28-31)24(27-12-26-23)32-22(9-16(3)30-32)29-25(33)17-5-7-20-21(10-17)35-13-34-20/h4-12H,13H2,1-3H3,(H,29,33). The first-order chi connectivity index (χ1) is 17.0. The molecule has 2 aromatic carbocycles. The zero-order chi connectivity index (χ0) is 24.1. The molecular weight excluding hydrogens is 446 g/mol. The molecule has 0 saturated heterocycles. The summed E-state index contributed by atoms with van der Waals surface area (Å²) in [5.74, 6) is 1.84. The van der Waals surface area contributed by atoms with E-state index in [9.17, 15) is 4.79 Å². The Morgan fingerprint density at radius 1 is 0.943 bits per heavy atom. The number of nitrogens with one attached hydrogen (secondary N) is 1. The van der Waals surface area contributed by atoms with Crippen LogP contribution < -0.4 is 14.8 Å². The van der Waals surface area contributed by atoms with Crippen LogP contribution in [-0.4, -0.2) is 42.2 Å². The number of aromatic nitrogens is 6. The van der Waals surface area contributed by atoms with Gasteiger partial charge in [-0.25, -0.2) is 14.6 Å². The van der Waals surface area contributed by atoms with E-state index in [1.807, 2.05) is 13.0 Å². The highest BCUT2D eigenvalue weighted by atomic mass is 16.7. The van der Waals surface area contributed by atoms with Gasteiger partial charge < -0.3 is 14.8 Å². The van der Waals surface area contributed by atoms with Gasteiger partial charge in [0.2, 0.25) is 6.79 Å². The van der Waals surface area contributed by atoms with Crippen molar-refractivity contribution in [3.05, 3.63) is 77.4 Å². The maximum absolute atomic E-state index is 13.0. The molecule has 10 heteroatoms. The average Bonchev–Trinajstić information content (AvgIpc) is 3.58. The van der Waals surface area contributed by atoms with Gasteiger partial charge in [-0.2, -0.15) is 14.9 Å². The van der Waals surface area contributed by atoms with Crippen molar-refractivity contribution in [2.45, 2.75) is 20.8 Å². The molecule has 0 unspecified atom stereocenters. The summed E-state index contributed by atoms with van der Waals surface area (Å²) in [7, 11) is 0. The molecule has 3 aromatic heterocycles. The first kappa shape index (κ1) is 20.8. The molecular formula is C25H21N7O3. The lowest BCUT2D eigenvalue weighted by Crippen LogP contribution is -2.15. The number of rotatable bonds is 4. The Morgan fingerprint density at radius 3 is 2.66 bits per heavy atom. The molecule has 0 spiro atoms. The second-order valence-electron chi connectivity index (χ2n) is 8.36. The number of fused-ring (bicyclic) bond motifs is 2. The van der Waals surface area contributed by atoms with Crippen LogP contribution in [0.3, 0.4) is 0 Å². The van der Waals surface area contributed by atoms with Crippen molar-refractivity contribution >= 4 is 22.8 Å². The van der Waals surface area contributed by atoms with Gasteiger partial charge >= 0.3 is 0 Å². The van der Waals surface area contributed by atoms with E-state index in [2.05, 4.69) is 51.5 Å². The fourth-order valence-electron chi connectivity index (χ4n) is 4.02. The van der Waals surface area contributed by atoms with Crippen molar-refractivity contribution in [3.63, 3.8) is 0 Å². The molecule has 1 amide bonds. The van der Waals surface area contributed by atoms with E-state index < -0.39 is 0 Å². The predicted molar refractivity (Wildman–Crippen MR) is 129 cm³/mol. The van der Waals surface area contributed by atoms with E-state index in [4.69, 9.17) is 9.47 Å². The molecule has 0 saturated carbocycles. The van der Waals surface area contributed by atoms with Crippen LogP contribution in [0.1, 0.15) is 27.2 Å². The van der Waals surface area contributed by atoms with E-state index in [1.54, 1.807) is 39.8 Å². The number of ether oxygens (including phenoxy) is 2. The summed E-state index contributed by atoms with van der Waals surface area (Å²) in [6.45, 7) is 6.13. The van der Waals surface area contributed by atoms with Gasteiger partial charge in [0, 0.05) is 11.6 Å². The Morgan fingerprint density at radius 2 is 1.80 bits per heavy atom. The van der Waals surface area contributed by atoms with E-state index in [0.717, 1.165) is 16.9 Å². The topological polar surface area (TPSA) is 109 Å². The Bertz CT molecular complexity index is 1620. The number of carbonyl (C=O) groups is 1. The zero-order valence-electron chi connectivity index (χ0n) is 19.3. The van der Waals surface area contributed by atoms with Crippen molar-refractivity contribution in [1.82, 2.24) is 29.5 Å². The van der Waals surface area contributed by atoms with Crippen LogP contribution in [0, 0.1) is 20.8 Å². The molecule has 4 heterocycles. The zero-order valence-corrected chi connectivity index (χ0v) is 19.3. The fraction of sp³-hybridized carbons (Fsp3) is 0.160. The molecule has 1 aliphatic rings. The minimum absolute atomic E-state index is 0.145. The van der Waals surface area contributed by atoms with Crippen molar-refractivity contribution in [3.8, 4) is 23.0 Å².